The summed E-state index contributed by atoms with van der Waals surface area (Å²) in [7, 11) is 0. The van der Waals surface area contributed by atoms with E-state index in [0.717, 1.165) is 0 Å². The molecule has 0 aromatic rings. The SMILES string of the molecule is OCC[C@H]1[C@@H](O)[C@H](O)[C@@H](O)CN1CCO. The first-order valence-corrected chi connectivity index (χ1v) is 5.11. The molecule has 4 atom stereocenters. The normalized spacial score (nSPS) is 38.2. The van der Waals surface area contributed by atoms with Gasteiger partial charge in [0.1, 0.15) is 6.10 Å². The van der Waals surface area contributed by atoms with Crippen LogP contribution < -0.4 is 0 Å². The van der Waals surface area contributed by atoms with Crippen LogP contribution in [-0.4, -0.2) is 81.1 Å². The van der Waals surface area contributed by atoms with Crippen LogP contribution in [0.4, 0.5) is 0 Å². The zero-order valence-electron chi connectivity index (χ0n) is 8.53. The highest BCUT2D eigenvalue weighted by Crippen LogP contribution is 2.20. The van der Waals surface area contributed by atoms with Crippen LogP contribution in [0.15, 0.2) is 0 Å². The average molecular weight is 221 g/mol. The molecule has 90 valence electrons. The topological polar surface area (TPSA) is 104 Å². The zero-order valence-corrected chi connectivity index (χ0v) is 8.53. The summed E-state index contributed by atoms with van der Waals surface area (Å²) in [5, 5.41) is 46.2. The largest absolute Gasteiger partial charge is 0.396 e. The van der Waals surface area contributed by atoms with Crippen LogP contribution >= 0.6 is 0 Å². The molecular weight excluding hydrogens is 202 g/mol. The van der Waals surface area contributed by atoms with Gasteiger partial charge in [0, 0.05) is 25.7 Å². The molecule has 6 heteroatoms. The lowest BCUT2D eigenvalue weighted by molar-refractivity contribution is -0.141. The van der Waals surface area contributed by atoms with E-state index in [1.165, 1.54) is 0 Å². The Bertz CT molecular complexity index is 191. The first-order valence-electron chi connectivity index (χ1n) is 5.11. The Labute approximate surface area is 88.4 Å². The minimum atomic E-state index is -1.18. The van der Waals surface area contributed by atoms with E-state index in [2.05, 4.69) is 0 Å². The molecule has 0 saturated carbocycles. The lowest BCUT2D eigenvalue weighted by atomic mass is 9.92. The number of hydrogen-bond donors (Lipinski definition) is 5. The number of aliphatic hydroxyl groups is 5. The lowest BCUT2D eigenvalue weighted by Gasteiger charge is -2.43. The van der Waals surface area contributed by atoms with E-state index in [0.29, 0.717) is 13.0 Å². The van der Waals surface area contributed by atoms with Crippen LogP contribution in [0.1, 0.15) is 6.42 Å². The summed E-state index contributed by atoms with van der Waals surface area (Å²) in [6, 6.07) is -0.416. The van der Waals surface area contributed by atoms with E-state index in [4.69, 9.17) is 10.2 Å². The number of nitrogens with zero attached hydrogens (tertiary/aromatic N) is 1. The molecule has 1 rings (SSSR count). The molecule has 0 spiro atoms. The predicted octanol–water partition coefficient (Wildman–Crippen LogP) is -2.87. The molecule has 1 aliphatic rings. The summed E-state index contributed by atoms with van der Waals surface area (Å²) < 4.78 is 0. The van der Waals surface area contributed by atoms with Crippen molar-refractivity contribution in [3.63, 3.8) is 0 Å². The third kappa shape index (κ3) is 2.87. The summed E-state index contributed by atoms with van der Waals surface area (Å²) in [4.78, 5) is 1.68. The van der Waals surface area contributed by atoms with E-state index < -0.39 is 24.4 Å². The number of rotatable bonds is 4. The van der Waals surface area contributed by atoms with Crippen molar-refractivity contribution in [1.82, 2.24) is 4.90 Å². The van der Waals surface area contributed by atoms with Crippen LogP contribution in [0.25, 0.3) is 0 Å². The van der Waals surface area contributed by atoms with Crippen molar-refractivity contribution in [2.24, 2.45) is 0 Å². The lowest BCUT2D eigenvalue weighted by Crippen LogP contribution is -2.61. The van der Waals surface area contributed by atoms with E-state index in [9.17, 15) is 15.3 Å². The summed E-state index contributed by atoms with van der Waals surface area (Å²) in [6.45, 7) is 0.318. The summed E-state index contributed by atoms with van der Waals surface area (Å²) in [5.41, 5.74) is 0. The second-order valence-electron chi connectivity index (χ2n) is 3.85. The molecule has 0 amide bonds. The Hall–Kier alpha value is -0.240. The van der Waals surface area contributed by atoms with E-state index in [1.807, 2.05) is 0 Å². The summed E-state index contributed by atoms with van der Waals surface area (Å²) in [6.07, 6.45) is -2.98. The van der Waals surface area contributed by atoms with Crippen molar-refractivity contribution in [3.05, 3.63) is 0 Å². The van der Waals surface area contributed by atoms with Gasteiger partial charge in [0.2, 0.25) is 0 Å². The standard InChI is InChI=1S/C9H19NO5/c11-3-1-6-8(14)9(15)7(13)5-10(6)2-4-12/h6-9,11-15H,1-5H2/t6-,7-,8+,9+/m0/s1. The van der Waals surface area contributed by atoms with Gasteiger partial charge in [-0.15, -0.1) is 0 Å². The smallest absolute Gasteiger partial charge is 0.108 e. The number of piperidine rings is 1. The molecule has 0 aliphatic carbocycles. The van der Waals surface area contributed by atoms with E-state index >= 15 is 0 Å². The fraction of sp³-hybridized carbons (Fsp3) is 1.00. The van der Waals surface area contributed by atoms with Crippen molar-refractivity contribution in [2.45, 2.75) is 30.8 Å². The summed E-state index contributed by atoms with van der Waals surface area (Å²) >= 11 is 0. The minimum absolute atomic E-state index is 0.0858. The Morgan fingerprint density at radius 2 is 1.67 bits per heavy atom. The van der Waals surface area contributed by atoms with Gasteiger partial charge in [-0.2, -0.15) is 0 Å². The first kappa shape index (κ1) is 12.8. The molecule has 15 heavy (non-hydrogen) atoms. The Morgan fingerprint density at radius 3 is 2.20 bits per heavy atom. The second kappa shape index (κ2) is 5.74. The Morgan fingerprint density at radius 1 is 1.00 bits per heavy atom. The molecule has 0 aromatic heterocycles. The number of aliphatic hydroxyl groups excluding tert-OH is 5. The van der Waals surface area contributed by atoms with E-state index in [-0.39, 0.29) is 19.8 Å². The first-order chi connectivity index (χ1) is 7.11. The summed E-state index contributed by atoms with van der Waals surface area (Å²) in [5.74, 6) is 0. The molecular formula is C9H19NO5. The van der Waals surface area contributed by atoms with Gasteiger partial charge in [0.15, 0.2) is 0 Å². The van der Waals surface area contributed by atoms with Crippen LogP contribution in [0.2, 0.25) is 0 Å². The van der Waals surface area contributed by atoms with Crippen LogP contribution in [0.5, 0.6) is 0 Å². The highest BCUT2D eigenvalue weighted by atomic mass is 16.4. The molecule has 0 unspecified atom stereocenters. The highest BCUT2D eigenvalue weighted by molar-refractivity contribution is 4.94. The maximum atomic E-state index is 9.69. The van der Waals surface area contributed by atoms with Crippen molar-refractivity contribution in [3.8, 4) is 0 Å². The van der Waals surface area contributed by atoms with Gasteiger partial charge >= 0.3 is 0 Å². The molecule has 6 nitrogen and oxygen atoms in total. The fourth-order valence-corrected chi connectivity index (χ4v) is 2.03. The molecule has 1 fully saturated rings. The minimum Gasteiger partial charge on any atom is -0.396 e. The molecule has 0 aromatic carbocycles. The van der Waals surface area contributed by atoms with Crippen molar-refractivity contribution >= 4 is 0 Å². The van der Waals surface area contributed by atoms with Gasteiger partial charge in [-0.3, -0.25) is 4.90 Å². The Balaban J connectivity index is 2.67. The van der Waals surface area contributed by atoms with Crippen LogP contribution in [0.3, 0.4) is 0 Å². The van der Waals surface area contributed by atoms with Gasteiger partial charge in [0.05, 0.1) is 18.8 Å². The van der Waals surface area contributed by atoms with Crippen LogP contribution in [0, 0.1) is 0 Å². The average Bonchev–Trinajstić information content (AvgIpc) is 2.21. The number of β-amino-alcohol motifs (C(OH)–C–C–N with tert-alkyl or cyclic N) is 2. The fourth-order valence-electron chi connectivity index (χ4n) is 2.03. The number of likely N-dealkylation sites (tertiary alicyclic amines) is 1. The molecule has 0 radical (unpaired) electrons. The highest BCUT2D eigenvalue weighted by Gasteiger charge is 2.40. The predicted molar refractivity (Wildman–Crippen MR) is 52.2 cm³/mol. The van der Waals surface area contributed by atoms with Crippen molar-refractivity contribution in [1.29, 1.82) is 0 Å². The molecule has 5 N–H and O–H groups in total. The molecule has 1 heterocycles. The maximum absolute atomic E-state index is 9.69. The molecule has 0 bridgehead atoms. The molecule has 1 aliphatic heterocycles. The third-order valence-corrected chi connectivity index (χ3v) is 2.84. The van der Waals surface area contributed by atoms with Gasteiger partial charge in [-0.25, -0.2) is 0 Å². The van der Waals surface area contributed by atoms with Gasteiger partial charge in [-0.1, -0.05) is 0 Å². The van der Waals surface area contributed by atoms with Crippen molar-refractivity contribution in [2.75, 3.05) is 26.3 Å². The third-order valence-electron chi connectivity index (χ3n) is 2.84. The maximum Gasteiger partial charge on any atom is 0.108 e. The number of hydrogen-bond acceptors (Lipinski definition) is 6. The molecule has 1 saturated heterocycles. The van der Waals surface area contributed by atoms with Gasteiger partial charge in [0.25, 0.3) is 0 Å². The van der Waals surface area contributed by atoms with Gasteiger partial charge in [-0.05, 0) is 6.42 Å². The Kier molecular flexibility index (Phi) is 4.91. The second-order valence-corrected chi connectivity index (χ2v) is 3.85. The van der Waals surface area contributed by atoms with Crippen molar-refractivity contribution < 1.29 is 25.5 Å². The van der Waals surface area contributed by atoms with E-state index in [1.54, 1.807) is 4.90 Å². The van der Waals surface area contributed by atoms with Crippen LogP contribution in [-0.2, 0) is 0 Å². The quantitative estimate of drug-likeness (QED) is 0.349. The monoisotopic (exact) mass is 221 g/mol. The van der Waals surface area contributed by atoms with Gasteiger partial charge < -0.3 is 25.5 Å². The zero-order chi connectivity index (χ0) is 11.4.